The van der Waals surface area contributed by atoms with Crippen molar-refractivity contribution in [2.75, 3.05) is 26.8 Å². The van der Waals surface area contributed by atoms with E-state index in [1.54, 1.807) is 22.6 Å². The lowest BCUT2D eigenvalue weighted by Crippen LogP contribution is -2.47. The Balaban J connectivity index is 1.75. The van der Waals surface area contributed by atoms with Crippen LogP contribution in [0.25, 0.3) is 0 Å². The molecule has 0 radical (unpaired) electrons. The van der Waals surface area contributed by atoms with E-state index < -0.39 is 6.04 Å². The monoisotopic (exact) mass is 371 g/mol. The highest BCUT2D eigenvalue weighted by Crippen LogP contribution is 2.25. The lowest BCUT2D eigenvalue weighted by Gasteiger charge is -2.23. The van der Waals surface area contributed by atoms with Gasteiger partial charge in [0.15, 0.2) is 0 Å². The number of amides is 2. The average molecular weight is 371 g/mol. The molecule has 144 valence electrons. The molecule has 1 saturated heterocycles. The fourth-order valence-electron chi connectivity index (χ4n) is 3.27. The van der Waals surface area contributed by atoms with Gasteiger partial charge in [-0.3, -0.25) is 9.59 Å². The summed E-state index contributed by atoms with van der Waals surface area (Å²) in [5.41, 5.74) is 0.546. The molecule has 1 aromatic carbocycles. The Morgan fingerprint density at radius 3 is 2.63 bits per heavy atom. The molecule has 1 N–H and O–H groups in total. The Kier molecular flexibility index (Phi) is 6.13. The van der Waals surface area contributed by atoms with Crippen LogP contribution in [0.15, 0.2) is 48.7 Å². The topological polar surface area (TPSA) is 72.8 Å². The van der Waals surface area contributed by atoms with Crippen molar-refractivity contribution in [1.82, 2.24) is 14.8 Å². The number of para-hydroxylation sites is 1. The molecule has 0 saturated carbocycles. The summed E-state index contributed by atoms with van der Waals surface area (Å²) in [5, 5.41) is 2.83. The zero-order valence-corrected chi connectivity index (χ0v) is 15.6. The molecule has 0 bridgehead atoms. The van der Waals surface area contributed by atoms with Gasteiger partial charge in [0.1, 0.15) is 23.6 Å². The summed E-state index contributed by atoms with van der Waals surface area (Å²) >= 11 is 0. The van der Waals surface area contributed by atoms with Crippen molar-refractivity contribution in [3.05, 3.63) is 54.4 Å². The van der Waals surface area contributed by atoms with Crippen molar-refractivity contribution < 1.29 is 19.1 Å². The molecule has 2 atom stereocenters. The van der Waals surface area contributed by atoms with E-state index in [0.29, 0.717) is 31.8 Å². The molecule has 2 amide bonds. The first-order valence-electron chi connectivity index (χ1n) is 9.01. The maximum atomic E-state index is 13.0. The van der Waals surface area contributed by atoms with Crippen LogP contribution < -0.4 is 10.1 Å². The van der Waals surface area contributed by atoms with Crippen LogP contribution >= 0.6 is 0 Å². The normalized spacial score (nSPS) is 19.1. The van der Waals surface area contributed by atoms with Crippen molar-refractivity contribution >= 4 is 11.8 Å². The molecule has 1 aliphatic heterocycles. The number of aryl methyl sites for hydroxylation is 1. The number of ether oxygens (including phenoxy) is 2. The minimum Gasteiger partial charge on any atom is -0.488 e. The Hall–Kier alpha value is -2.80. The number of nitrogens with one attached hydrogen (secondary N) is 1. The molecule has 0 spiro atoms. The van der Waals surface area contributed by atoms with E-state index in [1.165, 1.54) is 0 Å². The Labute approximate surface area is 158 Å². The summed E-state index contributed by atoms with van der Waals surface area (Å²) in [4.78, 5) is 27.3. The molecule has 27 heavy (non-hydrogen) atoms. The Morgan fingerprint density at radius 1 is 1.19 bits per heavy atom. The van der Waals surface area contributed by atoms with E-state index in [4.69, 9.17) is 9.47 Å². The van der Waals surface area contributed by atoms with Crippen molar-refractivity contribution in [3.8, 4) is 5.75 Å². The Bertz CT molecular complexity index is 775. The molecule has 1 fully saturated rings. The number of carbonyl (C=O) groups excluding carboxylic acids is 2. The minimum atomic E-state index is -0.571. The summed E-state index contributed by atoms with van der Waals surface area (Å²) in [6, 6.07) is 12.4. The maximum absolute atomic E-state index is 13.0. The molecular formula is C20H25N3O4. The van der Waals surface area contributed by atoms with Gasteiger partial charge in [0.25, 0.3) is 5.91 Å². The van der Waals surface area contributed by atoms with E-state index in [2.05, 4.69) is 5.32 Å². The van der Waals surface area contributed by atoms with E-state index >= 15 is 0 Å². The third-order valence-corrected chi connectivity index (χ3v) is 4.64. The van der Waals surface area contributed by atoms with Crippen LogP contribution in [-0.2, 0) is 16.6 Å². The van der Waals surface area contributed by atoms with Gasteiger partial charge in [-0.1, -0.05) is 18.2 Å². The molecular weight excluding hydrogens is 346 g/mol. The van der Waals surface area contributed by atoms with Gasteiger partial charge in [-0.05, 0) is 24.3 Å². The number of carbonyl (C=O) groups is 2. The van der Waals surface area contributed by atoms with Gasteiger partial charge in [0.05, 0.1) is 13.2 Å². The van der Waals surface area contributed by atoms with Crippen LogP contribution in [0.1, 0.15) is 16.9 Å². The van der Waals surface area contributed by atoms with Crippen molar-refractivity contribution in [3.63, 3.8) is 0 Å². The number of nitrogens with zero attached hydrogens (tertiary/aromatic N) is 2. The van der Waals surface area contributed by atoms with Gasteiger partial charge < -0.3 is 24.3 Å². The third kappa shape index (κ3) is 4.49. The van der Waals surface area contributed by atoms with Gasteiger partial charge in [0, 0.05) is 33.3 Å². The third-order valence-electron chi connectivity index (χ3n) is 4.64. The molecule has 2 heterocycles. The highest BCUT2D eigenvalue weighted by molar-refractivity contribution is 5.97. The van der Waals surface area contributed by atoms with E-state index in [9.17, 15) is 9.59 Å². The summed E-state index contributed by atoms with van der Waals surface area (Å²) < 4.78 is 12.7. The second-order valence-electron chi connectivity index (χ2n) is 6.55. The highest BCUT2D eigenvalue weighted by atomic mass is 16.5. The summed E-state index contributed by atoms with van der Waals surface area (Å²) in [5.74, 6) is 0.372. The van der Waals surface area contributed by atoms with Crippen LogP contribution in [-0.4, -0.2) is 60.2 Å². The second kappa shape index (κ2) is 8.73. The number of rotatable bonds is 7. The van der Waals surface area contributed by atoms with E-state index in [-0.39, 0.29) is 17.9 Å². The van der Waals surface area contributed by atoms with E-state index in [0.717, 1.165) is 5.75 Å². The second-order valence-corrected chi connectivity index (χ2v) is 6.55. The lowest BCUT2D eigenvalue weighted by molar-refractivity contribution is -0.125. The van der Waals surface area contributed by atoms with Crippen molar-refractivity contribution in [2.24, 2.45) is 7.05 Å². The van der Waals surface area contributed by atoms with Gasteiger partial charge in [-0.2, -0.15) is 0 Å². The standard InChI is InChI=1S/C20H25N3O4/c1-22-11-6-9-17(22)20(25)23-14-16(27-15-7-4-3-5-8-15)13-18(23)19(24)21-10-12-26-2/h3-9,11,16,18H,10,12-14H2,1-2H3,(H,21,24). The fraction of sp³-hybridized carbons (Fsp3) is 0.400. The Morgan fingerprint density at radius 2 is 1.96 bits per heavy atom. The molecule has 3 rings (SSSR count). The number of benzene rings is 1. The molecule has 7 nitrogen and oxygen atoms in total. The van der Waals surface area contributed by atoms with Gasteiger partial charge in [-0.25, -0.2) is 0 Å². The maximum Gasteiger partial charge on any atom is 0.271 e. The number of hydrogen-bond donors (Lipinski definition) is 1. The number of likely N-dealkylation sites (tertiary alicyclic amines) is 1. The lowest BCUT2D eigenvalue weighted by atomic mass is 10.1. The summed E-state index contributed by atoms with van der Waals surface area (Å²) in [6.45, 7) is 1.19. The minimum absolute atomic E-state index is 0.173. The van der Waals surface area contributed by atoms with E-state index in [1.807, 2.05) is 49.6 Å². The molecule has 2 aromatic rings. The van der Waals surface area contributed by atoms with Crippen LogP contribution in [0.3, 0.4) is 0 Å². The van der Waals surface area contributed by atoms with Crippen LogP contribution in [0.2, 0.25) is 0 Å². The molecule has 1 aliphatic rings. The van der Waals surface area contributed by atoms with Crippen LogP contribution in [0.4, 0.5) is 0 Å². The first-order chi connectivity index (χ1) is 13.1. The first kappa shape index (κ1) is 19.0. The molecule has 2 unspecified atom stereocenters. The number of methoxy groups -OCH3 is 1. The zero-order valence-electron chi connectivity index (χ0n) is 15.6. The number of hydrogen-bond acceptors (Lipinski definition) is 4. The molecule has 0 aliphatic carbocycles. The van der Waals surface area contributed by atoms with Gasteiger partial charge in [-0.15, -0.1) is 0 Å². The predicted molar refractivity (Wildman–Crippen MR) is 101 cm³/mol. The van der Waals surface area contributed by atoms with Gasteiger partial charge >= 0.3 is 0 Å². The molecule has 1 aromatic heterocycles. The quantitative estimate of drug-likeness (QED) is 0.748. The summed E-state index contributed by atoms with van der Waals surface area (Å²) in [7, 11) is 3.39. The molecule has 7 heteroatoms. The van der Waals surface area contributed by atoms with Crippen molar-refractivity contribution in [2.45, 2.75) is 18.6 Å². The van der Waals surface area contributed by atoms with Crippen LogP contribution in [0, 0.1) is 0 Å². The summed E-state index contributed by atoms with van der Waals surface area (Å²) in [6.07, 6.45) is 2.02. The number of aromatic nitrogens is 1. The average Bonchev–Trinajstić information content (AvgIpc) is 3.28. The van der Waals surface area contributed by atoms with Crippen LogP contribution in [0.5, 0.6) is 5.75 Å². The fourth-order valence-corrected chi connectivity index (χ4v) is 3.27. The SMILES string of the molecule is COCCNC(=O)C1CC(Oc2ccccc2)CN1C(=O)c1cccn1C. The first-order valence-corrected chi connectivity index (χ1v) is 9.01. The zero-order chi connectivity index (χ0) is 19.2. The highest BCUT2D eigenvalue weighted by Gasteiger charge is 2.41. The van der Waals surface area contributed by atoms with Gasteiger partial charge in [0.2, 0.25) is 5.91 Å². The smallest absolute Gasteiger partial charge is 0.271 e. The largest absolute Gasteiger partial charge is 0.488 e. The van der Waals surface area contributed by atoms with Crippen molar-refractivity contribution in [1.29, 1.82) is 0 Å². The predicted octanol–water partition coefficient (Wildman–Crippen LogP) is 1.45.